The lowest BCUT2D eigenvalue weighted by Gasteiger charge is -2.35. The SMILES string of the molecule is CC1COCCN1c1cc(-c2cccnc2C(F)(F)F)[nH]c(=O)c1. The van der Waals surface area contributed by atoms with Crippen molar-refractivity contribution in [1.29, 1.82) is 0 Å². The van der Waals surface area contributed by atoms with E-state index in [2.05, 4.69) is 9.97 Å². The van der Waals surface area contributed by atoms with Crippen molar-refractivity contribution in [3.63, 3.8) is 0 Å². The van der Waals surface area contributed by atoms with E-state index in [0.717, 1.165) is 6.20 Å². The van der Waals surface area contributed by atoms with Gasteiger partial charge in [0.25, 0.3) is 0 Å². The highest BCUT2D eigenvalue weighted by molar-refractivity contribution is 5.67. The van der Waals surface area contributed by atoms with Gasteiger partial charge in [-0.25, -0.2) is 0 Å². The van der Waals surface area contributed by atoms with Crippen molar-refractivity contribution in [3.05, 3.63) is 46.5 Å². The predicted octanol–water partition coefficient (Wildman–Crippen LogP) is 2.68. The van der Waals surface area contributed by atoms with Gasteiger partial charge in [0.2, 0.25) is 5.56 Å². The average molecular weight is 339 g/mol. The molecule has 1 atom stereocenters. The number of nitrogens with one attached hydrogen (secondary N) is 1. The van der Waals surface area contributed by atoms with Gasteiger partial charge in [-0.3, -0.25) is 9.78 Å². The van der Waals surface area contributed by atoms with E-state index < -0.39 is 17.4 Å². The van der Waals surface area contributed by atoms with Crippen LogP contribution in [-0.2, 0) is 10.9 Å². The van der Waals surface area contributed by atoms with Crippen LogP contribution in [0.4, 0.5) is 18.9 Å². The molecular formula is C16H16F3N3O2. The topological polar surface area (TPSA) is 58.2 Å². The molecule has 24 heavy (non-hydrogen) atoms. The van der Waals surface area contributed by atoms with E-state index in [-0.39, 0.29) is 17.3 Å². The fourth-order valence-electron chi connectivity index (χ4n) is 2.80. The summed E-state index contributed by atoms with van der Waals surface area (Å²) in [4.78, 5) is 19.8. The van der Waals surface area contributed by atoms with Gasteiger partial charge >= 0.3 is 6.18 Å². The van der Waals surface area contributed by atoms with Crippen molar-refractivity contribution in [2.24, 2.45) is 0 Å². The van der Waals surface area contributed by atoms with Crippen molar-refractivity contribution in [2.75, 3.05) is 24.7 Å². The molecule has 1 fully saturated rings. The number of alkyl halides is 3. The second kappa shape index (κ2) is 6.27. The Balaban J connectivity index is 2.09. The molecule has 1 unspecified atom stereocenters. The van der Waals surface area contributed by atoms with Gasteiger partial charge in [0, 0.05) is 36.1 Å². The lowest BCUT2D eigenvalue weighted by atomic mass is 10.1. The van der Waals surface area contributed by atoms with Crippen molar-refractivity contribution >= 4 is 5.69 Å². The van der Waals surface area contributed by atoms with E-state index in [1.807, 2.05) is 11.8 Å². The number of H-pyrrole nitrogens is 1. The third-order valence-electron chi connectivity index (χ3n) is 3.89. The Bertz CT molecular complexity index is 789. The number of nitrogens with zero attached hydrogens (tertiary/aromatic N) is 2. The molecule has 1 aliphatic rings. The van der Waals surface area contributed by atoms with Crippen LogP contribution in [0.15, 0.2) is 35.3 Å². The third kappa shape index (κ3) is 3.28. The van der Waals surface area contributed by atoms with Crippen molar-refractivity contribution in [3.8, 4) is 11.3 Å². The maximum atomic E-state index is 13.2. The molecule has 0 aliphatic carbocycles. The first kappa shape index (κ1) is 16.5. The molecule has 2 aromatic heterocycles. The van der Waals surface area contributed by atoms with Crippen LogP contribution in [-0.4, -0.2) is 35.8 Å². The van der Waals surface area contributed by atoms with Crippen molar-refractivity contribution < 1.29 is 17.9 Å². The highest BCUT2D eigenvalue weighted by atomic mass is 19.4. The van der Waals surface area contributed by atoms with Gasteiger partial charge in [-0.1, -0.05) is 0 Å². The average Bonchev–Trinajstić information content (AvgIpc) is 2.54. The summed E-state index contributed by atoms with van der Waals surface area (Å²) in [5.74, 6) is 0. The highest BCUT2D eigenvalue weighted by Gasteiger charge is 2.35. The van der Waals surface area contributed by atoms with Crippen molar-refractivity contribution in [2.45, 2.75) is 19.1 Å². The lowest BCUT2D eigenvalue weighted by Crippen LogP contribution is -2.44. The first-order chi connectivity index (χ1) is 11.4. The number of rotatable bonds is 2. The number of aromatic nitrogens is 2. The molecule has 0 amide bonds. The van der Waals surface area contributed by atoms with E-state index in [9.17, 15) is 18.0 Å². The monoisotopic (exact) mass is 339 g/mol. The molecule has 0 aromatic carbocycles. The first-order valence-electron chi connectivity index (χ1n) is 7.47. The minimum absolute atomic E-state index is 0.0318. The van der Waals surface area contributed by atoms with Gasteiger partial charge in [0.1, 0.15) is 0 Å². The fourth-order valence-corrected chi connectivity index (χ4v) is 2.80. The molecule has 2 aromatic rings. The van der Waals surface area contributed by atoms with Gasteiger partial charge in [-0.05, 0) is 25.1 Å². The van der Waals surface area contributed by atoms with Gasteiger partial charge in [-0.15, -0.1) is 0 Å². The highest BCUT2D eigenvalue weighted by Crippen LogP contribution is 2.35. The number of hydrogen-bond acceptors (Lipinski definition) is 4. The summed E-state index contributed by atoms with van der Waals surface area (Å²) in [5.41, 5.74) is -0.964. The first-order valence-corrected chi connectivity index (χ1v) is 7.47. The Morgan fingerprint density at radius 1 is 1.38 bits per heavy atom. The summed E-state index contributed by atoms with van der Waals surface area (Å²) in [6, 6.07) is 5.68. The number of halogens is 3. The molecule has 128 valence electrons. The Labute approximate surface area is 136 Å². The zero-order chi connectivity index (χ0) is 17.3. The molecule has 0 bridgehead atoms. The molecule has 0 radical (unpaired) electrons. The largest absolute Gasteiger partial charge is 0.434 e. The number of hydrogen-bond donors (Lipinski definition) is 1. The summed E-state index contributed by atoms with van der Waals surface area (Å²) < 4.78 is 44.9. The zero-order valence-corrected chi connectivity index (χ0v) is 12.9. The van der Waals surface area contributed by atoms with Crippen LogP contribution in [0.3, 0.4) is 0 Å². The lowest BCUT2D eigenvalue weighted by molar-refractivity contribution is -0.140. The van der Waals surface area contributed by atoms with Crippen LogP contribution in [0.5, 0.6) is 0 Å². The van der Waals surface area contributed by atoms with E-state index in [4.69, 9.17) is 4.74 Å². The van der Waals surface area contributed by atoms with Gasteiger partial charge < -0.3 is 14.6 Å². The Morgan fingerprint density at radius 3 is 2.88 bits per heavy atom. The number of pyridine rings is 2. The van der Waals surface area contributed by atoms with E-state index in [1.54, 1.807) is 6.07 Å². The van der Waals surface area contributed by atoms with Crippen molar-refractivity contribution in [1.82, 2.24) is 9.97 Å². The van der Waals surface area contributed by atoms with Crippen LogP contribution in [0.2, 0.25) is 0 Å². The second-order valence-corrected chi connectivity index (χ2v) is 5.63. The van der Waals surface area contributed by atoms with Crippen LogP contribution < -0.4 is 10.5 Å². The van der Waals surface area contributed by atoms with Crippen LogP contribution >= 0.6 is 0 Å². The number of anilines is 1. The maximum absolute atomic E-state index is 13.2. The Kier molecular flexibility index (Phi) is 4.31. The molecule has 1 saturated heterocycles. The summed E-state index contributed by atoms with van der Waals surface area (Å²) in [6.07, 6.45) is -3.52. The van der Waals surface area contributed by atoms with Gasteiger partial charge in [0.05, 0.1) is 18.9 Å². The van der Waals surface area contributed by atoms with E-state index in [0.29, 0.717) is 25.4 Å². The summed E-state index contributed by atoms with van der Waals surface area (Å²) in [5, 5.41) is 0. The Hall–Kier alpha value is -2.35. The summed E-state index contributed by atoms with van der Waals surface area (Å²) in [7, 11) is 0. The fraction of sp³-hybridized carbons (Fsp3) is 0.375. The number of morpholine rings is 1. The number of ether oxygens (including phenoxy) is 1. The smallest absolute Gasteiger partial charge is 0.377 e. The maximum Gasteiger partial charge on any atom is 0.434 e. The standard InChI is InChI=1S/C16H16F3N3O2/c1-10-9-24-6-5-22(10)11-7-13(21-14(23)8-11)12-3-2-4-20-15(12)16(17,18)19/h2-4,7-8,10H,5-6,9H2,1H3,(H,21,23). The zero-order valence-electron chi connectivity index (χ0n) is 12.9. The van der Waals surface area contributed by atoms with Gasteiger partial charge in [-0.2, -0.15) is 13.2 Å². The molecule has 3 rings (SSSR count). The summed E-state index contributed by atoms with van der Waals surface area (Å²) >= 11 is 0. The normalized spacial score (nSPS) is 18.7. The molecule has 1 N–H and O–H groups in total. The predicted molar refractivity (Wildman–Crippen MR) is 82.9 cm³/mol. The minimum atomic E-state index is -4.60. The molecule has 0 saturated carbocycles. The van der Waals surface area contributed by atoms with E-state index >= 15 is 0 Å². The second-order valence-electron chi connectivity index (χ2n) is 5.63. The Morgan fingerprint density at radius 2 is 2.17 bits per heavy atom. The molecule has 0 spiro atoms. The van der Waals surface area contributed by atoms with Crippen LogP contribution in [0, 0.1) is 0 Å². The van der Waals surface area contributed by atoms with E-state index in [1.165, 1.54) is 18.2 Å². The number of aromatic amines is 1. The molecule has 3 heterocycles. The van der Waals surface area contributed by atoms with Crippen LogP contribution in [0.25, 0.3) is 11.3 Å². The van der Waals surface area contributed by atoms with Gasteiger partial charge in [0.15, 0.2) is 5.69 Å². The third-order valence-corrected chi connectivity index (χ3v) is 3.89. The molecule has 1 aliphatic heterocycles. The minimum Gasteiger partial charge on any atom is -0.377 e. The van der Waals surface area contributed by atoms with Crippen LogP contribution in [0.1, 0.15) is 12.6 Å². The molecule has 8 heteroatoms. The summed E-state index contributed by atoms with van der Waals surface area (Å²) in [6.45, 7) is 3.52. The molecular weight excluding hydrogens is 323 g/mol. The quantitative estimate of drug-likeness (QED) is 0.914. The molecule has 5 nitrogen and oxygen atoms in total.